The molecule has 1 aliphatic rings. The zero-order valence-electron chi connectivity index (χ0n) is 9.48. The van der Waals surface area contributed by atoms with Gasteiger partial charge in [-0.15, -0.1) is 0 Å². The molecule has 2 heterocycles. The van der Waals surface area contributed by atoms with E-state index in [9.17, 15) is 0 Å². The number of hydrogen-bond acceptors (Lipinski definition) is 6. The molecule has 0 atom stereocenters. The number of ether oxygens (including phenoxy) is 1. The monoisotopic (exact) mass is 265 g/mol. The summed E-state index contributed by atoms with van der Waals surface area (Å²) in [6.45, 7) is 0. The van der Waals surface area contributed by atoms with Gasteiger partial charge < -0.3 is 10.1 Å². The van der Waals surface area contributed by atoms with Crippen molar-refractivity contribution in [2.24, 2.45) is 4.99 Å². The topological polar surface area (TPSA) is 46.5 Å². The first kappa shape index (κ1) is 10.9. The van der Waals surface area contributed by atoms with E-state index in [2.05, 4.69) is 27.4 Å². The number of methoxy groups -OCH3 is 1. The fraction of sp³-hybridized carbons (Fsp3) is 0.273. The Labute approximate surface area is 107 Å². The molecule has 1 aliphatic heterocycles. The smallest absolute Gasteiger partial charge is 0.251 e. The number of nitrogens with zero attached hydrogens (tertiary/aromatic N) is 2. The summed E-state index contributed by atoms with van der Waals surface area (Å²) in [5.74, 6) is 0.907. The lowest BCUT2D eigenvalue weighted by Gasteiger charge is -2.13. The van der Waals surface area contributed by atoms with Gasteiger partial charge in [0, 0.05) is 12.8 Å². The van der Waals surface area contributed by atoms with Crippen LogP contribution in [0.15, 0.2) is 17.1 Å². The Balaban J connectivity index is 2.24. The zero-order valence-corrected chi connectivity index (χ0v) is 11.1. The molecular weight excluding hydrogens is 254 g/mol. The lowest BCUT2D eigenvalue weighted by molar-refractivity contribution is 0.416. The largest absolute Gasteiger partial charge is 0.476 e. The van der Waals surface area contributed by atoms with Crippen molar-refractivity contribution in [3.05, 3.63) is 17.7 Å². The second-order valence-electron chi connectivity index (χ2n) is 3.56. The molecule has 6 heteroatoms. The first-order chi connectivity index (χ1) is 8.31. The molecule has 0 unspecified atom stereocenters. The van der Waals surface area contributed by atoms with Crippen molar-refractivity contribution in [3.63, 3.8) is 0 Å². The number of nitrogens with one attached hydrogen (secondary N) is 1. The highest BCUT2D eigenvalue weighted by Crippen LogP contribution is 2.40. The summed E-state index contributed by atoms with van der Waals surface area (Å²) in [4.78, 5) is 9.02. The van der Waals surface area contributed by atoms with E-state index in [-0.39, 0.29) is 0 Å². The Hall–Kier alpha value is -1.27. The average Bonchev–Trinajstić information content (AvgIpc) is 2.81. The SMILES string of the molecule is CNc1nc2ccc3c(c2s1)N=C(OC)SC3. The predicted molar refractivity (Wildman–Crippen MR) is 74.6 cm³/mol. The minimum atomic E-state index is 0.726. The highest BCUT2D eigenvalue weighted by molar-refractivity contribution is 8.12. The van der Waals surface area contributed by atoms with Crippen LogP contribution in [0.25, 0.3) is 10.2 Å². The first-order valence-corrected chi connectivity index (χ1v) is 6.97. The van der Waals surface area contributed by atoms with E-state index in [1.54, 1.807) is 30.2 Å². The van der Waals surface area contributed by atoms with Crippen LogP contribution in [-0.2, 0) is 10.5 Å². The van der Waals surface area contributed by atoms with E-state index in [0.29, 0.717) is 0 Å². The molecule has 0 radical (unpaired) electrons. The van der Waals surface area contributed by atoms with Crippen LogP contribution in [-0.4, -0.2) is 24.4 Å². The van der Waals surface area contributed by atoms with Crippen LogP contribution in [0.4, 0.5) is 10.8 Å². The Morgan fingerprint density at radius 1 is 1.41 bits per heavy atom. The average molecular weight is 265 g/mol. The quantitative estimate of drug-likeness (QED) is 0.860. The van der Waals surface area contributed by atoms with Crippen molar-refractivity contribution < 1.29 is 4.74 Å². The van der Waals surface area contributed by atoms with E-state index in [1.807, 2.05) is 7.05 Å². The van der Waals surface area contributed by atoms with Crippen molar-refractivity contribution in [1.29, 1.82) is 0 Å². The Bertz CT molecular complexity index is 606. The van der Waals surface area contributed by atoms with Gasteiger partial charge in [-0.05, 0) is 11.6 Å². The standard InChI is InChI=1S/C11H11N3OS2/c1-12-10-13-7-4-3-6-5-16-11(15-2)14-8(6)9(7)17-10/h3-4H,5H2,1-2H3,(H,12,13). The van der Waals surface area contributed by atoms with Gasteiger partial charge in [0.15, 0.2) is 5.13 Å². The third-order valence-corrected chi connectivity index (χ3v) is 4.61. The molecule has 2 aromatic rings. The van der Waals surface area contributed by atoms with Crippen molar-refractivity contribution in [1.82, 2.24) is 4.98 Å². The first-order valence-electron chi connectivity index (χ1n) is 5.17. The van der Waals surface area contributed by atoms with Crippen LogP contribution in [0.3, 0.4) is 0 Å². The summed E-state index contributed by atoms with van der Waals surface area (Å²) in [5, 5.41) is 4.71. The van der Waals surface area contributed by atoms with Gasteiger partial charge in [-0.3, -0.25) is 0 Å². The molecule has 1 N–H and O–H groups in total. The second-order valence-corrected chi connectivity index (χ2v) is 5.49. The molecule has 4 nitrogen and oxygen atoms in total. The number of thiazole rings is 1. The van der Waals surface area contributed by atoms with Crippen LogP contribution in [0.5, 0.6) is 0 Å². The van der Waals surface area contributed by atoms with Gasteiger partial charge in [0.25, 0.3) is 5.23 Å². The molecule has 0 aliphatic carbocycles. The molecular formula is C11H11N3OS2. The van der Waals surface area contributed by atoms with Crippen molar-refractivity contribution >= 4 is 49.4 Å². The van der Waals surface area contributed by atoms with Gasteiger partial charge in [0.1, 0.15) is 0 Å². The number of hydrogen-bond donors (Lipinski definition) is 1. The van der Waals surface area contributed by atoms with Crippen molar-refractivity contribution in [2.75, 3.05) is 19.5 Å². The third kappa shape index (κ3) is 1.77. The normalized spacial score (nSPS) is 14.4. The van der Waals surface area contributed by atoms with E-state index >= 15 is 0 Å². The molecule has 3 rings (SSSR count). The van der Waals surface area contributed by atoms with E-state index in [4.69, 9.17) is 4.74 Å². The second kappa shape index (κ2) is 4.19. The number of rotatable bonds is 1. The molecule has 0 fully saturated rings. The summed E-state index contributed by atoms with van der Waals surface area (Å²) < 4.78 is 6.34. The molecule has 0 saturated heterocycles. The zero-order chi connectivity index (χ0) is 11.8. The van der Waals surface area contributed by atoms with Crippen LogP contribution in [0, 0.1) is 0 Å². The highest BCUT2D eigenvalue weighted by atomic mass is 32.2. The van der Waals surface area contributed by atoms with Crippen LogP contribution >= 0.6 is 23.1 Å². The van der Waals surface area contributed by atoms with Crippen LogP contribution in [0.2, 0.25) is 0 Å². The van der Waals surface area contributed by atoms with Crippen LogP contribution < -0.4 is 5.32 Å². The molecule has 0 bridgehead atoms. The van der Waals surface area contributed by atoms with Gasteiger partial charge >= 0.3 is 0 Å². The predicted octanol–water partition coefficient (Wildman–Crippen LogP) is 3.22. The Kier molecular flexibility index (Phi) is 2.68. The van der Waals surface area contributed by atoms with Gasteiger partial charge in [0.05, 0.1) is 23.0 Å². The minimum Gasteiger partial charge on any atom is -0.476 e. The molecule has 1 aromatic carbocycles. The van der Waals surface area contributed by atoms with Gasteiger partial charge in [0.2, 0.25) is 0 Å². The van der Waals surface area contributed by atoms with E-state index in [1.165, 1.54) is 5.56 Å². The summed E-state index contributed by atoms with van der Waals surface area (Å²) in [5.41, 5.74) is 3.25. The van der Waals surface area contributed by atoms with Gasteiger partial charge in [-0.25, -0.2) is 9.98 Å². The number of thioether (sulfide) groups is 1. The maximum Gasteiger partial charge on any atom is 0.251 e. The van der Waals surface area contributed by atoms with Crippen molar-refractivity contribution in [3.8, 4) is 0 Å². The summed E-state index contributed by atoms with van der Waals surface area (Å²) in [7, 11) is 3.53. The van der Waals surface area contributed by atoms with Gasteiger partial charge in [-0.1, -0.05) is 29.2 Å². The highest BCUT2D eigenvalue weighted by Gasteiger charge is 2.17. The van der Waals surface area contributed by atoms with E-state index in [0.717, 1.165) is 32.0 Å². The maximum absolute atomic E-state index is 5.21. The summed E-state index contributed by atoms with van der Waals surface area (Å²) in [6, 6.07) is 4.15. The Morgan fingerprint density at radius 2 is 2.29 bits per heavy atom. The number of anilines is 1. The molecule has 0 spiro atoms. The minimum absolute atomic E-state index is 0.726. The number of aromatic nitrogens is 1. The lowest BCUT2D eigenvalue weighted by atomic mass is 10.2. The molecule has 88 valence electrons. The third-order valence-electron chi connectivity index (χ3n) is 2.56. The summed E-state index contributed by atoms with van der Waals surface area (Å²) in [6.07, 6.45) is 0. The van der Waals surface area contributed by atoms with E-state index < -0.39 is 0 Å². The van der Waals surface area contributed by atoms with Gasteiger partial charge in [-0.2, -0.15) is 0 Å². The number of fused-ring (bicyclic) bond motifs is 3. The summed E-state index contributed by atoms with van der Waals surface area (Å²) >= 11 is 3.25. The maximum atomic E-state index is 5.21. The fourth-order valence-corrected chi connectivity index (χ4v) is 3.45. The molecule has 17 heavy (non-hydrogen) atoms. The molecule has 0 saturated carbocycles. The van der Waals surface area contributed by atoms with Crippen molar-refractivity contribution in [2.45, 2.75) is 5.75 Å². The number of aliphatic imine (C=N–C) groups is 1. The molecule has 1 aromatic heterocycles. The Morgan fingerprint density at radius 3 is 3.06 bits per heavy atom. The molecule has 0 amide bonds. The van der Waals surface area contributed by atoms with Crippen LogP contribution in [0.1, 0.15) is 5.56 Å². The lowest BCUT2D eigenvalue weighted by Crippen LogP contribution is -2.01. The number of benzene rings is 1. The fourth-order valence-electron chi connectivity index (χ4n) is 1.73.